The molecular formula is C15H13IN2. The quantitative estimate of drug-likeness (QED) is 0.520. The van der Waals surface area contributed by atoms with Crippen LogP contribution in [0.1, 0.15) is 5.56 Å². The molecule has 0 aliphatic heterocycles. The number of nitrogens with two attached hydrogens (primary N) is 1. The lowest BCUT2D eigenvalue weighted by Crippen LogP contribution is -1.97. The van der Waals surface area contributed by atoms with Crippen molar-refractivity contribution in [3.63, 3.8) is 0 Å². The van der Waals surface area contributed by atoms with E-state index in [1.807, 2.05) is 12.1 Å². The lowest BCUT2D eigenvalue weighted by molar-refractivity contribution is 1.08. The normalized spacial score (nSPS) is 11.0. The molecule has 1 aromatic heterocycles. The Balaban J connectivity index is 2.35. The summed E-state index contributed by atoms with van der Waals surface area (Å²) in [7, 11) is 0. The molecule has 18 heavy (non-hydrogen) atoms. The summed E-state index contributed by atoms with van der Waals surface area (Å²) < 4.78 is 3.52. The maximum atomic E-state index is 5.75. The first-order valence-corrected chi connectivity index (χ1v) is 6.88. The zero-order valence-electron chi connectivity index (χ0n) is 10.0. The lowest BCUT2D eigenvalue weighted by Gasteiger charge is -2.07. The zero-order valence-corrected chi connectivity index (χ0v) is 12.2. The Morgan fingerprint density at radius 3 is 2.39 bits per heavy atom. The molecule has 2 nitrogen and oxygen atoms in total. The van der Waals surface area contributed by atoms with Gasteiger partial charge in [-0.05, 0) is 65.4 Å². The smallest absolute Gasteiger partial charge is 0.0884 e. The van der Waals surface area contributed by atoms with Gasteiger partial charge in [-0.3, -0.25) is 0 Å². The van der Waals surface area contributed by atoms with Crippen molar-refractivity contribution in [2.45, 2.75) is 6.92 Å². The van der Waals surface area contributed by atoms with Gasteiger partial charge in [-0.15, -0.1) is 0 Å². The molecule has 0 radical (unpaired) electrons. The molecule has 2 N–H and O–H groups in total. The Morgan fingerprint density at radius 1 is 1.00 bits per heavy atom. The van der Waals surface area contributed by atoms with Crippen molar-refractivity contribution in [3.05, 3.63) is 57.8 Å². The lowest BCUT2D eigenvalue weighted by atomic mass is 10.2. The Labute approximate surface area is 120 Å². The molecule has 0 fully saturated rings. The first-order chi connectivity index (χ1) is 8.68. The van der Waals surface area contributed by atoms with Crippen LogP contribution in [0.2, 0.25) is 0 Å². The Kier molecular flexibility index (Phi) is 2.78. The monoisotopic (exact) mass is 348 g/mol. The molecule has 0 saturated carbocycles. The van der Waals surface area contributed by atoms with E-state index in [0.717, 1.165) is 11.4 Å². The number of anilines is 1. The summed E-state index contributed by atoms with van der Waals surface area (Å²) in [4.78, 5) is 0. The van der Waals surface area contributed by atoms with Crippen LogP contribution in [0, 0.1) is 10.6 Å². The number of hydrogen-bond donors (Lipinski definition) is 1. The fourth-order valence-electron chi connectivity index (χ4n) is 2.25. The Morgan fingerprint density at radius 2 is 1.67 bits per heavy atom. The first kappa shape index (κ1) is 11.6. The third-order valence-electron chi connectivity index (χ3n) is 3.21. The van der Waals surface area contributed by atoms with Crippen molar-refractivity contribution in [2.75, 3.05) is 5.73 Å². The average Bonchev–Trinajstić information content (AvgIpc) is 2.64. The maximum absolute atomic E-state index is 5.75. The second-order valence-electron chi connectivity index (χ2n) is 4.36. The second-order valence-corrected chi connectivity index (χ2v) is 5.38. The zero-order chi connectivity index (χ0) is 12.7. The van der Waals surface area contributed by atoms with Gasteiger partial charge in [0.1, 0.15) is 0 Å². The molecule has 0 amide bonds. The number of aromatic nitrogens is 1. The summed E-state index contributed by atoms with van der Waals surface area (Å²) >= 11 is 2.40. The number of aryl methyl sites for hydroxylation is 1. The summed E-state index contributed by atoms with van der Waals surface area (Å²) in [6, 6.07) is 16.5. The minimum atomic E-state index is 0.793. The second kappa shape index (κ2) is 4.31. The molecule has 1 heterocycles. The highest BCUT2D eigenvalue weighted by Crippen LogP contribution is 2.30. The molecule has 90 valence electrons. The van der Waals surface area contributed by atoms with Crippen molar-refractivity contribution < 1.29 is 0 Å². The highest BCUT2D eigenvalue weighted by Gasteiger charge is 2.12. The highest BCUT2D eigenvalue weighted by molar-refractivity contribution is 14.1. The molecule has 0 spiro atoms. The number of rotatable bonds is 1. The molecule has 2 aromatic carbocycles. The molecule has 3 aromatic rings. The highest BCUT2D eigenvalue weighted by atomic mass is 127. The minimum Gasteiger partial charge on any atom is -0.399 e. The van der Waals surface area contributed by atoms with E-state index in [1.54, 1.807) is 0 Å². The van der Waals surface area contributed by atoms with Gasteiger partial charge in [0.15, 0.2) is 0 Å². The van der Waals surface area contributed by atoms with Crippen LogP contribution in [0.3, 0.4) is 0 Å². The van der Waals surface area contributed by atoms with Crippen LogP contribution in [0.25, 0.3) is 16.6 Å². The van der Waals surface area contributed by atoms with Gasteiger partial charge in [-0.2, -0.15) is 0 Å². The standard InChI is InChI=1S/C15H13IN2/c1-10-13-4-2-3-5-14(13)18(15(10)16)12-8-6-11(17)7-9-12/h2-9H,17H2,1H3. The predicted molar refractivity (Wildman–Crippen MR) is 85.1 cm³/mol. The van der Waals surface area contributed by atoms with E-state index in [9.17, 15) is 0 Å². The number of halogens is 1. The van der Waals surface area contributed by atoms with Crippen molar-refractivity contribution in [3.8, 4) is 5.69 Å². The summed E-state index contributed by atoms with van der Waals surface area (Å²) in [5, 5.41) is 1.30. The first-order valence-electron chi connectivity index (χ1n) is 5.80. The van der Waals surface area contributed by atoms with Gasteiger partial charge in [0.2, 0.25) is 0 Å². The summed E-state index contributed by atoms with van der Waals surface area (Å²) in [6.45, 7) is 2.16. The van der Waals surface area contributed by atoms with E-state index < -0.39 is 0 Å². The number of hydrogen-bond acceptors (Lipinski definition) is 1. The van der Waals surface area contributed by atoms with Crippen LogP contribution in [0.4, 0.5) is 5.69 Å². The van der Waals surface area contributed by atoms with E-state index in [1.165, 1.54) is 20.2 Å². The fourth-order valence-corrected chi connectivity index (χ4v) is 3.08. The van der Waals surface area contributed by atoms with Crippen LogP contribution in [0.15, 0.2) is 48.5 Å². The molecule has 0 unspecified atom stereocenters. The number of nitrogen functional groups attached to an aromatic ring is 1. The van der Waals surface area contributed by atoms with Gasteiger partial charge in [0, 0.05) is 16.8 Å². The van der Waals surface area contributed by atoms with E-state index in [0.29, 0.717) is 0 Å². The van der Waals surface area contributed by atoms with Gasteiger partial charge in [0.25, 0.3) is 0 Å². The van der Waals surface area contributed by atoms with Gasteiger partial charge in [-0.1, -0.05) is 18.2 Å². The van der Waals surface area contributed by atoms with Crippen LogP contribution >= 0.6 is 22.6 Å². The molecule has 3 rings (SSSR count). The third kappa shape index (κ3) is 1.70. The van der Waals surface area contributed by atoms with Crippen LogP contribution in [0.5, 0.6) is 0 Å². The van der Waals surface area contributed by atoms with Crippen molar-refractivity contribution in [2.24, 2.45) is 0 Å². The van der Waals surface area contributed by atoms with Gasteiger partial charge < -0.3 is 10.3 Å². The van der Waals surface area contributed by atoms with Gasteiger partial charge in [-0.25, -0.2) is 0 Å². The molecule has 3 heteroatoms. The topological polar surface area (TPSA) is 30.9 Å². The Bertz CT molecular complexity index is 711. The number of benzene rings is 2. The molecule has 0 atom stereocenters. The van der Waals surface area contributed by atoms with E-state index in [2.05, 4.69) is 70.5 Å². The van der Waals surface area contributed by atoms with E-state index in [4.69, 9.17) is 5.73 Å². The number of fused-ring (bicyclic) bond motifs is 1. The molecule has 0 saturated heterocycles. The van der Waals surface area contributed by atoms with Crippen molar-refractivity contribution >= 4 is 39.2 Å². The summed E-state index contributed by atoms with van der Waals surface area (Å²) in [5.41, 5.74) is 10.3. The molecule has 0 aliphatic rings. The SMILES string of the molecule is Cc1c(I)n(-c2ccc(N)cc2)c2ccccc12. The fraction of sp³-hybridized carbons (Fsp3) is 0.0667. The largest absolute Gasteiger partial charge is 0.399 e. The number of nitrogens with zero attached hydrogens (tertiary/aromatic N) is 1. The average molecular weight is 348 g/mol. The van der Waals surface area contributed by atoms with Gasteiger partial charge >= 0.3 is 0 Å². The van der Waals surface area contributed by atoms with E-state index >= 15 is 0 Å². The summed E-state index contributed by atoms with van der Waals surface area (Å²) in [5.74, 6) is 0. The van der Waals surface area contributed by atoms with Crippen LogP contribution in [-0.4, -0.2) is 4.57 Å². The molecular weight excluding hydrogens is 335 g/mol. The van der Waals surface area contributed by atoms with Crippen molar-refractivity contribution in [1.82, 2.24) is 4.57 Å². The predicted octanol–water partition coefficient (Wildman–Crippen LogP) is 4.13. The van der Waals surface area contributed by atoms with Crippen LogP contribution < -0.4 is 5.73 Å². The van der Waals surface area contributed by atoms with Crippen molar-refractivity contribution in [1.29, 1.82) is 0 Å². The minimum absolute atomic E-state index is 0.793. The Hall–Kier alpha value is -1.49. The molecule has 0 aliphatic carbocycles. The van der Waals surface area contributed by atoms with E-state index in [-0.39, 0.29) is 0 Å². The van der Waals surface area contributed by atoms with Crippen LogP contribution in [-0.2, 0) is 0 Å². The summed E-state index contributed by atoms with van der Waals surface area (Å²) in [6.07, 6.45) is 0. The maximum Gasteiger partial charge on any atom is 0.0884 e. The molecule has 0 bridgehead atoms. The van der Waals surface area contributed by atoms with Gasteiger partial charge in [0.05, 0.1) is 9.22 Å². The number of para-hydroxylation sites is 1. The third-order valence-corrected chi connectivity index (χ3v) is 4.50.